The van der Waals surface area contributed by atoms with Crippen LogP contribution in [0, 0.1) is 0 Å². The second-order valence-corrected chi connectivity index (χ2v) is 21.0. The highest BCUT2D eigenvalue weighted by atomic mass is 16.6. The molecule has 0 saturated heterocycles. The molecule has 0 bridgehead atoms. The number of unbranched alkanes of at least 4 members (excludes halogenated alkanes) is 42. The topological polar surface area (TPSA) is 78.9 Å². The van der Waals surface area contributed by atoms with Crippen molar-refractivity contribution < 1.29 is 28.6 Å². The summed E-state index contributed by atoms with van der Waals surface area (Å²) in [6.45, 7) is 6.61. The van der Waals surface area contributed by atoms with E-state index >= 15 is 0 Å². The molecule has 6 heteroatoms. The van der Waals surface area contributed by atoms with E-state index in [0.717, 1.165) is 77.0 Å². The predicted octanol–water partition coefficient (Wildman–Crippen LogP) is 20.7. The molecule has 0 N–H and O–H groups in total. The summed E-state index contributed by atoms with van der Waals surface area (Å²) in [6.07, 6.45) is 69.2. The van der Waals surface area contributed by atoms with Crippen LogP contribution in [0.15, 0.2) is 24.3 Å². The van der Waals surface area contributed by atoms with Crippen LogP contribution in [-0.4, -0.2) is 37.2 Å². The Balaban J connectivity index is 4.14. The first kappa shape index (κ1) is 66.9. The molecule has 0 aliphatic carbocycles. The number of rotatable bonds is 57. The minimum atomic E-state index is -0.775. The number of hydrogen-bond donors (Lipinski definition) is 0. The van der Waals surface area contributed by atoms with Gasteiger partial charge in [0.05, 0.1) is 0 Å². The van der Waals surface area contributed by atoms with Gasteiger partial charge in [0, 0.05) is 19.3 Å². The lowest BCUT2D eigenvalue weighted by molar-refractivity contribution is -0.167. The van der Waals surface area contributed by atoms with Gasteiger partial charge in [-0.25, -0.2) is 0 Å². The van der Waals surface area contributed by atoms with Crippen molar-refractivity contribution in [1.82, 2.24) is 0 Å². The van der Waals surface area contributed by atoms with E-state index in [0.29, 0.717) is 19.3 Å². The largest absolute Gasteiger partial charge is 0.462 e. The molecule has 1 unspecified atom stereocenters. The Hall–Kier alpha value is -2.11. The fourth-order valence-corrected chi connectivity index (χ4v) is 9.27. The highest BCUT2D eigenvalue weighted by Crippen LogP contribution is 2.18. The van der Waals surface area contributed by atoms with Crippen molar-refractivity contribution in [2.75, 3.05) is 13.2 Å². The number of allylic oxidation sites excluding steroid dienone is 4. The molecule has 0 radical (unpaired) electrons. The third kappa shape index (κ3) is 56.7. The van der Waals surface area contributed by atoms with Gasteiger partial charge in [-0.1, -0.05) is 283 Å². The zero-order valence-electron chi connectivity index (χ0n) is 46.6. The monoisotopic (exact) mass is 971 g/mol. The van der Waals surface area contributed by atoms with Gasteiger partial charge in [-0.05, 0) is 64.2 Å². The van der Waals surface area contributed by atoms with Gasteiger partial charge in [0.25, 0.3) is 0 Å². The first-order valence-corrected chi connectivity index (χ1v) is 30.8. The summed E-state index contributed by atoms with van der Waals surface area (Å²) in [5.41, 5.74) is 0. The second kappa shape index (κ2) is 58.5. The molecule has 0 aromatic heterocycles. The maximum Gasteiger partial charge on any atom is 0.306 e. The smallest absolute Gasteiger partial charge is 0.306 e. The quantitative estimate of drug-likeness (QED) is 0.0261. The minimum Gasteiger partial charge on any atom is -0.462 e. The standard InChI is InChI=1S/C63H118O6/c1-4-7-10-13-16-19-22-24-26-27-28-29-30-31-32-33-34-35-36-38-39-41-44-47-50-53-56-62(65)68-59-60(58-67-61(64)55-52-49-46-43-21-18-15-12-9-6-3)69-63(66)57-54-51-48-45-42-40-37-25-23-20-17-14-11-8-5-2/h12,15,25,37,60H,4-11,13-14,16-24,26-36,38-59H2,1-3H3/b15-12-,37-25-. The Morgan fingerprint density at radius 2 is 0.507 bits per heavy atom. The van der Waals surface area contributed by atoms with Gasteiger partial charge >= 0.3 is 17.9 Å². The predicted molar refractivity (Wildman–Crippen MR) is 298 cm³/mol. The minimum absolute atomic E-state index is 0.0730. The van der Waals surface area contributed by atoms with Crippen LogP contribution in [0.5, 0.6) is 0 Å². The van der Waals surface area contributed by atoms with Crippen LogP contribution in [0.2, 0.25) is 0 Å². The van der Waals surface area contributed by atoms with Crippen LogP contribution >= 0.6 is 0 Å². The Morgan fingerprint density at radius 3 is 0.783 bits per heavy atom. The molecule has 0 aromatic carbocycles. The van der Waals surface area contributed by atoms with Crippen LogP contribution in [0.4, 0.5) is 0 Å². The highest BCUT2D eigenvalue weighted by molar-refractivity contribution is 5.71. The van der Waals surface area contributed by atoms with Crippen molar-refractivity contribution in [2.45, 2.75) is 348 Å². The molecule has 0 heterocycles. The molecule has 0 aliphatic heterocycles. The van der Waals surface area contributed by atoms with E-state index in [9.17, 15) is 14.4 Å². The summed E-state index contributed by atoms with van der Waals surface area (Å²) < 4.78 is 16.8. The highest BCUT2D eigenvalue weighted by Gasteiger charge is 2.19. The average Bonchev–Trinajstić information content (AvgIpc) is 3.35. The molecule has 0 aliphatic rings. The van der Waals surface area contributed by atoms with E-state index in [2.05, 4.69) is 45.1 Å². The Morgan fingerprint density at radius 1 is 0.275 bits per heavy atom. The number of carbonyl (C=O) groups is 3. The lowest BCUT2D eigenvalue weighted by Gasteiger charge is -2.18. The van der Waals surface area contributed by atoms with E-state index in [1.165, 1.54) is 225 Å². The molecule has 0 amide bonds. The normalized spacial score (nSPS) is 12.1. The van der Waals surface area contributed by atoms with Crippen LogP contribution in [0.25, 0.3) is 0 Å². The van der Waals surface area contributed by atoms with Crippen LogP contribution in [-0.2, 0) is 28.6 Å². The number of hydrogen-bond acceptors (Lipinski definition) is 6. The molecule has 0 saturated carbocycles. The SMILES string of the molecule is CCC/C=C\CCCCCCCC(=O)OCC(COC(=O)CCCCCCCCCCCCCCCCCCCCCCCCCCCC)OC(=O)CCCCCCC/C=C\CCCCCCCC. The van der Waals surface area contributed by atoms with Crippen molar-refractivity contribution >= 4 is 17.9 Å². The molecule has 0 rings (SSSR count). The second-order valence-electron chi connectivity index (χ2n) is 21.0. The van der Waals surface area contributed by atoms with Crippen LogP contribution < -0.4 is 0 Å². The molecular weight excluding hydrogens is 853 g/mol. The van der Waals surface area contributed by atoms with Gasteiger partial charge in [0.15, 0.2) is 6.10 Å². The summed E-state index contributed by atoms with van der Waals surface area (Å²) in [5.74, 6) is -0.873. The maximum absolute atomic E-state index is 12.8. The van der Waals surface area contributed by atoms with Crippen molar-refractivity contribution in [3.8, 4) is 0 Å². The van der Waals surface area contributed by atoms with Crippen LogP contribution in [0.1, 0.15) is 342 Å². The molecular formula is C63H118O6. The molecule has 1 atom stereocenters. The van der Waals surface area contributed by atoms with E-state index in [4.69, 9.17) is 14.2 Å². The molecule has 406 valence electrons. The van der Waals surface area contributed by atoms with Crippen molar-refractivity contribution in [3.05, 3.63) is 24.3 Å². The van der Waals surface area contributed by atoms with Gasteiger partial charge in [-0.2, -0.15) is 0 Å². The summed E-state index contributed by atoms with van der Waals surface area (Å²) >= 11 is 0. The third-order valence-corrected chi connectivity index (χ3v) is 13.9. The lowest BCUT2D eigenvalue weighted by atomic mass is 10.0. The first-order chi connectivity index (χ1) is 34.0. The van der Waals surface area contributed by atoms with E-state index < -0.39 is 6.10 Å². The Labute approximate surface area is 430 Å². The van der Waals surface area contributed by atoms with E-state index in [-0.39, 0.29) is 31.1 Å². The van der Waals surface area contributed by atoms with Crippen molar-refractivity contribution in [1.29, 1.82) is 0 Å². The lowest BCUT2D eigenvalue weighted by Crippen LogP contribution is -2.30. The zero-order valence-corrected chi connectivity index (χ0v) is 46.6. The molecule has 6 nitrogen and oxygen atoms in total. The number of carbonyl (C=O) groups excluding carboxylic acids is 3. The summed E-state index contributed by atoms with van der Waals surface area (Å²) in [6, 6.07) is 0. The van der Waals surface area contributed by atoms with Gasteiger partial charge in [0.1, 0.15) is 13.2 Å². The summed E-state index contributed by atoms with van der Waals surface area (Å²) in [7, 11) is 0. The van der Waals surface area contributed by atoms with Crippen molar-refractivity contribution in [2.24, 2.45) is 0 Å². The third-order valence-electron chi connectivity index (χ3n) is 13.9. The molecule has 0 fully saturated rings. The molecule has 0 aromatic rings. The Kier molecular flexibility index (Phi) is 56.7. The summed E-state index contributed by atoms with van der Waals surface area (Å²) in [5, 5.41) is 0. The van der Waals surface area contributed by atoms with Crippen LogP contribution in [0.3, 0.4) is 0 Å². The summed E-state index contributed by atoms with van der Waals surface area (Å²) in [4.78, 5) is 38.1. The fourth-order valence-electron chi connectivity index (χ4n) is 9.27. The Bertz CT molecular complexity index is 1110. The van der Waals surface area contributed by atoms with Gasteiger partial charge in [0.2, 0.25) is 0 Å². The fraction of sp³-hybridized carbons (Fsp3) is 0.889. The maximum atomic E-state index is 12.8. The first-order valence-electron chi connectivity index (χ1n) is 30.8. The molecule has 69 heavy (non-hydrogen) atoms. The van der Waals surface area contributed by atoms with Gasteiger partial charge < -0.3 is 14.2 Å². The molecule has 0 spiro atoms. The number of ether oxygens (including phenoxy) is 3. The van der Waals surface area contributed by atoms with Gasteiger partial charge in [-0.3, -0.25) is 14.4 Å². The zero-order chi connectivity index (χ0) is 50.0. The average molecular weight is 972 g/mol. The van der Waals surface area contributed by atoms with Crippen molar-refractivity contribution in [3.63, 3.8) is 0 Å². The van der Waals surface area contributed by atoms with E-state index in [1.807, 2.05) is 0 Å². The number of esters is 3. The van der Waals surface area contributed by atoms with Gasteiger partial charge in [-0.15, -0.1) is 0 Å². The van der Waals surface area contributed by atoms with E-state index in [1.54, 1.807) is 0 Å².